The van der Waals surface area contributed by atoms with Gasteiger partial charge in [0, 0.05) is 32.2 Å². The van der Waals surface area contributed by atoms with Gasteiger partial charge in [-0.05, 0) is 26.7 Å². The molecule has 0 aromatic heterocycles. The molecule has 0 atom stereocenters. The summed E-state index contributed by atoms with van der Waals surface area (Å²) >= 11 is 0. The van der Waals surface area contributed by atoms with Crippen LogP contribution < -0.4 is 0 Å². The Hall–Kier alpha value is -0.610. The van der Waals surface area contributed by atoms with Crippen LogP contribution >= 0.6 is 0 Å². The number of hydrogen-bond donors (Lipinski definition) is 1. The fourth-order valence-electron chi connectivity index (χ4n) is 2.95. The van der Waals surface area contributed by atoms with E-state index in [-0.39, 0.29) is 5.91 Å². The van der Waals surface area contributed by atoms with E-state index < -0.39 is 5.60 Å². The Kier molecular flexibility index (Phi) is 3.73. The van der Waals surface area contributed by atoms with Gasteiger partial charge in [-0.2, -0.15) is 0 Å². The van der Waals surface area contributed by atoms with Crippen molar-refractivity contribution in [3.63, 3.8) is 0 Å². The van der Waals surface area contributed by atoms with Crippen LogP contribution in [0.15, 0.2) is 0 Å². The predicted octanol–water partition coefficient (Wildman–Crippen LogP) is 0.844. The van der Waals surface area contributed by atoms with Crippen LogP contribution in [0.4, 0.5) is 0 Å². The molecule has 98 valence electrons. The Labute approximate surface area is 104 Å². The molecule has 0 unspecified atom stereocenters. The summed E-state index contributed by atoms with van der Waals surface area (Å²) in [5, 5.41) is 9.71. The highest BCUT2D eigenvalue weighted by Gasteiger charge is 2.33. The quantitative estimate of drug-likeness (QED) is 0.778. The highest BCUT2D eigenvalue weighted by atomic mass is 16.3. The van der Waals surface area contributed by atoms with Crippen molar-refractivity contribution < 1.29 is 9.90 Å². The molecule has 1 N–H and O–H groups in total. The van der Waals surface area contributed by atoms with Crippen molar-refractivity contribution in [2.45, 2.75) is 51.2 Å². The number of amides is 1. The van der Waals surface area contributed by atoms with Crippen molar-refractivity contribution in [3.8, 4) is 0 Å². The van der Waals surface area contributed by atoms with Crippen LogP contribution in [0.3, 0.4) is 0 Å². The summed E-state index contributed by atoms with van der Waals surface area (Å²) in [6, 6.07) is 0.745. The predicted molar refractivity (Wildman–Crippen MR) is 66.7 cm³/mol. The molecule has 4 nitrogen and oxygen atoms in total. The zero-order valence-electron chi connectivity index (χ0n) is 11.0. The molecule has 2 fully saturated rings. The number of rotatable bonds is 2. The molecule has 2 rings (SSSR count). The second-order valence-corrected chi connectivity index (χ2v) is 5.83. The summed E-state index contributed by atoms with van der Waals surface area (Å²) in [5.41, 5.74) is -1.23. The Morgan fingerprint density at radius 2 is 1.65 bits per heavy atom. The molecular weight excluding hydrogens is 216 g/mol. The summed E-state index contributed by atoms with van der Waals surface area (Å²) < 4.78 is 0. The number of nitrogens with zero attached hydrogens (tertiary/aromatic N) is 2. The van der Waals surface area contributed by atoms with Crippen LogP contribution in [0.2, 0.25) is 0 Å². The number of aliphatic hydroxyl groups is 1. The van der Waals surface area contributed by atoms with Crippen LogP contribution in [0.25, 0.3) is 0 Å². The number of hydrogen-bond acceptors (Lipinski definition) is 3. The van der Waals surface area contributed by atoms with Gasteiger partial charge in [-0.25, -0.2) is 0 Å². The van der Waals surface area contributed by atoms with Gasteiger partial charge in [-0.3, -0.25) is 9.69 Å². The molecule has 0 aromatic rings. The number of carbonyl (C=O) groups excluding carboxylic acids is 1. The monoisotopic (exact) mass is 240 g/mol. The summed E-state index contributed by atoms with van der Waals surface area (Å²) in [4.78, 5) is 16.2. The fourth-order valence-corrected chi connectivity index (χ4v) is 2.95. The van der Waals surface area contributed by atoms with Crippen molar-refractivity contribution in [2.24, 2.45) is 0 Å². The van der Waals surface area contributed by atoms with Crippen molar-refractivity contribution in [1.29, 1.82) is 0 Å². The summed E-state index contributed by atoms with van der Waals surface area (Å²) in [5.74, 6) is -0.136. The Balaban J connectivity index is 1.83. The zero-order chi connectivity index (χ0) is 12.5. The number of piperazine rings is 1. The van der Waals surface area contributed by atoms with E-state index >= 15 is 0 Å². The van der Waals surface area contributed by atoms with Gasteiger partial charge < -0.3 is 10.0 Å². The van der Waals surface area contributed by atoms with Gasteiger partial charge in [0.25, 0.3) is 5.91 Å². The first-order valence-corrected chi connectivity index (χ1v) is 6.74. The van der Waals surface area contributed by atoms with Crippen LogP contribution in [-0.4, -0.2) is 58.6 Å². The average molecular weight is 240 g/mol. The lowest BCUT2D eigenvalue weighted by Gasteiger charge is -2.39. The van der Waals surface area contributed by atoms with E-state index in [1.54, 1.807) is 18.7 Å². The molecule has 1 saturated heterocycles. The van der Waals surface area contributed by atoms with E-state index in [0.29, 0.717) is 0 Å². The molecule has 4 heteroatoms. The van der Waals surface area contributed by atoms with Gasteiger partial charge in [0.05, 0.1) is 0 Å². The minimum absolute atomic E-state index is 0.136. The van der Waals surface area contributed by atoms with Crippen molar-refractivity contribution in [1.82, 2.24) is 9.80 Å². The maximum atomic E-state index is 11.9. The SMILES string of the molecule is CC(C)(O)C(=O)N1CCN(C2CCCC2)CC1. The van der Waals surface area contributed by atoms with Crippen LogP contribution in [0, 0.1) is 0 Å². The normalized spacial score (nSPS) is 24.3. The molecule has 0 bridgehead atoms. The van der Waals surface area contributed by atoms with E-state index in [0.717, 1.165) is 32.2 Å². The van der Waals surface area contributed by atoms with Gasteiger partial charge in [0.15, 0.2) is 0 Å². The molecule has 1 amide bonds. The number of carbonyl (C=O) groups is 1. The standard InChI is InChI=1S/C13H24N2O2/c1-13(2,17)12(16)15-9-7-14(8-10-15)11-5-3-4-6-11/h11,17H,3-10H2,1-2H3. The molecule has 1 saturated carbocycles. The van der Waals surface area contributed by atoms with Crippen molar-refractivity contribution in [3.05, 3.63) is 0 Å². The maximum absolute atomic E-state index is 11.9. The molecule has 1 aliphatic heterocycles. The fraction of sp³-hybridized carbons (Fsp3) is 0.923. The molecule has 2 aliphatic rings. The second-order valence-electron chi connectivity index (χ2n) is 5.83. The van der Waals surface area contributed by atoms with E-state index in [4.69, 9.17) is 0 Å². The smallest absolute Gasteiger partial charge is 0.254 e. The highest BCUT2D eigenvalue weighted by molar-refractivity contribution is 5.84. The lowest BCUT2D eigenvalue weighted by molar-refractivity contribution is -0.149. The van der Waals surface area contributed by atoms with Gasteiger partial charge in [-0.1, -0.05) is 12.8 Å². The first-order chi connectivity index (χ1) is 7.98. The topological polar surface area (TPSA) is 43.8 Å². The highest BCUT2D eigenvalue weighted by Crippen LogP contribution is 2.24. The summed E-state index contributed by atoms with van der Waals surface area (Å²) in [6.07, 6.45) is 5.35. The molecular formula is C13H24N2O2. The molecule has 1 aliphatic carbocycles. The summed E-state index contributed by atoms with van der Waals surface area (Å²) in [6.45, 7) is 6.59. The van der Waals surface area contributed by atoms with E-state index in [1.807, 2.05) is 0 Å². The first kappa shape index (κ1) is 12.8. The van der Waals surface area contributed by atoms with Crippen LogP contribution in [0.1, 0.15) is 39.5 Å². The lowest BCUT2D eigenvalue weighted by Crippen LogP contribution is -2.55. The van der Waals surface area contributed by atoms with Gasteiger partial charge in [0.1, 0.15) is 5.60 Å². The average Bonchev–Trinajstić information content (AvgIpc) is 2.80. The van der Waals surface area contributed by atoms with Crippen molar-refractivity contribution >= 4 is 5.91 Å². The van der Waals surface area contributed by atoms with Crippen LogP contribution in [-0.2, 0) is 4.79 Å². The molecule has 0 spiro atoms. The van der Waals surface area contributed by atoms with Crippen molar-refractivity contribution in [2.75, 3.05) is 26.2 Å². The molecule has 0 radical (unpaired) electrons. The minimum atomic E-state index is -1.23. The van der Waals surface area contributed by atoms with E-state index in [9.17, 15) is 9.90 Å². The summed E-state index contributed by atoms with van der Waals surface area (Å²) in [7, 11) is 0. The largest absolute Gasteiger partial charge is 0.381 e. The minimum Gasteiger partial charge on any atom is -0.381 e. The van der Waals surface area contributed by atoms with E-state index in [2.05, 4.69) is 4.90 Å². The van der Waals surface area contributed by atoms with Crippen LogP contribution in [0.5, 0.6) is 0 Å². The first-order valence-electron chi connectivity index (χ1n) is 6.74. The second kappa shape index (κ2) is 4.94. The lowest BCUT2D eigenvalue weighted by atomic mass is 10.1. The Morgan fingerprint density at radius 3 is 2.12 bits per heavy atom. The zero-order valence-corrected chi connectivity index (χ0v) is 11.0. The molecule has 1 heterocycles. The maximum Gasteiger partial charge on any atom is 0.254 e. The molecule has 0 aromatic carbocycles. The van der Waals surface area contributed by atoms with Gasteiger partial charge in [-0.15, -0.1) is 0 Å². The van der Waals surface area contributed by atoms with E-state index in [1.165, 1.54) is 25.7 Å². The third-order valence-corrected chi connectivity index (χ3v) is 3.97. The Morgan fingerprint density at radius 1 is 1.12 bits per heavy atom. The van der Waals surface area contributed by atoms with Gasteiger partial charge in [0.2, 0.25) is 0 Å². The van der Waals surface area contributed by atoms with Gasteiger partial charge >= 0.3 is 0 Å². The molecule has 17 heavy (non-hydrogen) atoms. The third kappa shape index (κ3) is 2.99. The third-order valence-electron chi connectivity index (χ3n) is 3.97. The Bertz CT molecular complexity index is 272.